The number of carbonyl (C=O) groups is 1. The van der Waals surface area contributed by atoms with Crippen LogP contribution in [0.25, 0.3) is 0 Å². The molecule has 0 heterocycles. The average Bonchev–Trinajstić information content (AvgIpc) is 3.17. The van der Waals surface area contributed by atoms with E-state index < -0.39 is 12.0 Å². The minimum Gasteiger partial charge on any atom is -0.480 e. The van der Waals surface area contributed by atoms with Crippen LogP contribution < -0.4 is 10.2 Å². The third-order valence-electron chi connectivity index (χ3n) is 3.31. The van der Waals surface area contributed by atoms with E-state index in [1.54, 1.807) is 6.07 Å². The van der Waals surface area contributed by atoms with Gasteiger partial charge < -0.3 is 15.3 Å². The molecule has 1 aliphatic rings. The highest BCUT2D eigenvalue weighted by Crippen LogP contribution is 2.20. The first-order chi connectivity index (χ1) is 9.06. The van der Waals surface area contributed by atoms with Gasteiger partial charge in [-0.1, -0.05) is 6.07 Å². The third-order valence-corrected chi connectivity index (χ3v) is 3.31. The molecule has 0 amide bonds. The Bertz CT molecular complexity index is 449. The van der Waals surface area contributed by atoms with Gasteiger partial charge in [0.1, 0.15) is 11.9 Å². The Morgan fingerprint density at radius 1 is 1.58 bits per heavy atom. The zero-order valence-corrected chi connectivity index (χ0v) is 11.0. The van der Waals surface area contributed by atoms with E-state index in [0.717, 1.165) is 18.5 Å². The maximum absolute atomic E-state index is 13.1. The Labute approximate surface area is 112 Å². The SMILES string of the molecule is CN(CCC(NC1CC1)C(=O)O)c1cccc(F)c1. The summed E-state index contributed by atoms with van der Waals surface area (Å²) in [5.74, 6) is -1.10. The number of carboxylic acids is 1. The summed E-state index contributed by atoms with van der Waals surface area (Å²) in [6.45, 7) is 0.570. The Morgan fingerprint density at radius 2 is 2.32 bits per heavy atom. The number of aliphatic carboxylic acids is 1. The van der Waals surface area contributed by atoms with E-state index in [1.807, 2.05) is 18.0 Å². The van der Waals surface area contributed by atoms with E-state index in [9.17, 15) is 9.18 Å². The van der Waals surface area contributed by atoms with E-state index in [2.05, 4.69) is 5.32 Å². The quantitative estimate of drug-likeness (QED) is 0.791. The van der Waals surface area contributed by atoms with Crippen molar-refractivity contribution in [3.05, 3.63) is 30.1 Å². The lowest BCUT2D eigenvalue weighted by molar-refractivity contribution is -0.139. The van der Waals surface area contributed by atoms with E-state index in [-0.39, 0.29) is 5.82 Å². The average molecular weight is 266 g/mol. The van der Waals surface area contributed by atoms with Crippen LogP contribution in [-0.4, -0.2) is 36.8 Å². The largest absolute Gasteiger partial charge is 0.480 e. The van der Waals surface area contributed by atoms with Gasteiger partial charge in [0.05, 0.1) is 0 Å². The van der Waals surface area contributed by atoms with Gasteiger partial charge >= 0.3 is 5.97 Å². The minimum absolute atomic E-state index is 0.282. The zero-order chi connectivity index (χ0) is 13.8. The minimum atomic E-state index is -0.820. The van der Waals surface area contributed by atoms with Crippen molar-refractivity contribution in [3.63, 3.8) is 0 Å². The fourth-order valence-corrected chi connectivity index (χ4v) is 1.98. The molecule has 4 nitrogen and oxygen atoms in total. The number of nitrogens with zero attached hydrogens (tertiary/aromatic N) is 1. The van der Waals surface area contributed by atoms with Crippen molar-refractivity contribution in [1.29, 1.82) is 0 Å². The van der Waals surface area contributed by atoms with Crippen molar-refractivity contribution in [2.24, 2.45) is 0 Å². The maximum Gasteiger partial charge on any atom is 0.320 e. The maximum atomic E-state index is 13.1. The van der Waals surface area contributed by atoms with Gasteiger partial charge in [0.15, 0.2) is 0 Å². The molecule has 1 atom stereocenters. The first-order valence-corrected chi connectivity index (χ1v) is 6.52. The van der Waals surface area contributed by atoms with E-state index in [0.29, 0.717) is 19.0 Å². The van der Waals surface area contributed by atoms with Crippen molar-refractivity contribution >= 4 is 11.7 Å². The molecular formula is C14H19FN2O2. The summed E-state index contributed by atoms with van der Waals surface area (Å²) in [4.78, 5) is 13.0. The standard InChI is InChI=1S/C14H19FN2O2/c1-17(12-4-2-3-10(15)9-12)8-7-13(14(18)19)16-11-5-6-11/h2-4,9,11,13,16H,5-8H2,1H3,(H,18,19). The van der Waals surface area contributed by atoms with Gasteiger partial charge in [-0.05, 0) is 37.5 Å². The number of hydrogen-bond donors (Lipinski definition) is 2. The molecule has 0 spiro atoms. The molecule has 0 saturated heterocycles. The molecule has 104 valence electrons. The van der Waals surface area contributed by atoms with Gasteiger partial charge in [0.2, 0.25) is 0 Å². The highest BCUT2D eigenvalue weighted by molar-refractivity contribution is 5.73. The number of benzene rings is 1. The summed E-state index contributed by atoms with van der Waals surface area (Å²) in [7, 11) is 1.84. The van der Waals surface area contributed by atoms with Gasteiger partial charge in [0, 0.05) is 25.3 Å². The molecule has 1 unspecified atom stereocenters. The van der Waals surface area contributed by atoms with Gasteiger partial charge in [0.25, 0.3) is 0 Å². The molecule has 5 heteroatoms. The van der Waals surface area contributed by atoms with Crippen LogP contribution in [0.15, 0.2) is 24.3 Å². The number of hydrogen-bond acceptors (Lipinski definition) is 3. The Balaban J connectivity index is 1.87. The molecule has 2 N–H and O–H groups in total. The molecule has 0 aliphatic heterocycles. The molecule has 19 heavy (non-hydrogen) atoms. The number of nitrogens with one attached hydrogen (secondary N) is 1. The van der Waals surface area contributed by atoms with Crippen molar-refractivity contribution in [1.82, 2.24) is 5.32 Å². The highest BCUT2D eigenvalue weighted by Gasteiger charge is 2.28. The Morgan fingerprint density at radius 3 is 2.89 bits per heavy atom. The molecule has 1 aromatic rings. The smallest absolute Gasteiger partial charge is 0.320 e. The van der Waals surface area contributed by atoms with Gasteiger partial charge in [-0.3, -0.25) is 4.79 Å². The van der Waals surface area contributed by atoms with E-state index in [4.69, 9.17) is 5.11 Å². The van der Waals surface area contributed by atoms with Gasteiger partial charge in [-0.15, -0.1) is 0 Å². The highest BCUT2D eigenvalue weighted by atomic mass is 19.1. The lowest BCUT2D eigenvalue weighted by Gasteiger charge is -2.22. The second-order valence-electron chi connectivity index (χ2n) is 5.02. The van der Waals surface area contributed by atoms with Gasteiger partial charge in [-0.25, -0.2) is 4.39 Å². The van der Waals surface area contributed by atoms with Crippen LogP contribution in [0.1, 0.15) is 19.3 Å². The summed E-state index contributed by atoms with van der Waals surface area (Å²) in [6, 6.07) is 6.14. The number of carboxylic acid groups (broad SMARTS) is 1. The topological polar surface area (TPSA) is 52.6 Å². The molecule has 1 fully saturated rings. The van der Waals surface area contributed by atoms with Crippen LogP contribution in [0.2, 0.25) is 0 Å². The molecule has 1 aromatic carbocycles. The molecule has 2 rings (SSSR count). The predicted molar refractivity (Wildman–Crippen MR) is 71.9 cm³/mol. The molecule has 1 saturated carbocycles. The second-order valence-corrected chi connectivity index (χ2v) is 5.02. The van der Waals surface area contributed by atoms with Crippen LogP contribution in [0.5, 0.6) is 0 Å². The lowest BCUT2D eigenvalue weighted by Crippen LogP contribution is -2.40. The van der Waals surface area contributed by atoms with Crippen molar-refractivity contribution < 1.29 is 14.3 Å². The van der Waals surface area contributed by atoms with Crippen LogP contribution in [0.4, 0.5) is 10.1 Å². The van der Waals surface area contributed by atoms with Crippen LogP contribution in [-0.2, 0) is 4.79 Å². The third kappa shape index (κ3) is 4.21. The summed E-state index contributed by atoms with van der Waals surface area (Å²) in [5.41, 5.74) is 0.760. The number of rotatable bonds is 7. The van der Waals surface area contributed by atoms with Crippen LogP contribution in [0.3, 0.4) is 0 Å². The van der Waals surface area contributed by atoms with Crippen molar-refractivity contribution in [3.8, 4) is 0 Å². The van der Waals surface area contributed by atoms with E-state index >= 15 is 0 Å². The fourth-order valence-electron chi connectivity index (χ4n) is 1.98. The Kier molecular flexibility index (Phi) is 4.37. The molecular weight excluding hydrogens is 247 g/mol. The van der Waals surface area contributed by atoms with E-state index in [1.165, 1.54) is 12.1 Å². The fraction of sp³-hybridized carbons (Fsp3) is 0.500. The van der Waals surface area contributed by atoms with Crippen LogP contribution >= 0.6 is 0 Å². The Hall–Kier alpha value is -1.62. The van der Waals surface area contributed by atoms with Crippen LogP contribution in [0, 0.1) is 5.82 Å². The number of anilines is 1. The molecule has 0 radical (unpaired) electrons. The summed E-state index contributed by atoms with van der Waals surface area (Å²) in [5, 5.41) is 12.2. The summed E-state index contributed by atoms with van der Waals surface area (Å²) in [6.07, 6.45) is 2.62. The molecule has 0 bridgehead atoms. The molecule has 0 aromatic heterocycles. The predicted octanol–water partition coefficient (Wildman–Crippen LogP) is 1.86. The second kappa shape index (κ2) is 6.02. The number of halogens is 1. The summed E-state index contributed by atoms with van der Waals surface area (Å²) < 4.78 is 13.1. The van der Waals surface area contributed by atoms with Gasteiger partial charge in [-0.2, -0.15) is 0 Å². The first-order valence-electron chi connectivity index (χ1n) is 6.52. The monoisotopic (exact) mass is 266 g/mol. The zero-order valence-electron chi connectivity index (χ0n) is 11.0. The lowest BCUT2D eigenvalue weighted by atomic mass is 10.2. The van der Waals surface area contributed by atoms with Crippen molar-refractivity contribution in [2.75, 3.05) is 18.5 Å². The normalized spacial score (nSPS) is 16.1. The first kappa shape index (κ1) is 13.8. The van der Waals surface area contributed by atoms with Crippen molar-refractivity contribution in [2.45, 2.75) is 31.3 Å². The molecule has 1 aliphatic carbocycles. The summed E-state index contributed by atoms with van der Waals surface area (Å²) >= 11 is 0.